The lowest BCUT2D eigenvalue weighted by molar-refractivity contribution is -0.0533. The van der Waals surface area contributed by atoms with Gasteiger partial charge in [0.2, 0.25) is 0 Å². The Hall–Kier alpha value is 0.460. The van der Waals surface area contributed by atoms with E-state index in [-0.39, 0.29) is 36.5 Å². The van der Waals surface area contributed by atoms with Crippen molar-refractivity contribution in [2.24, 2.45) is 5.73 Å². The molecule has 1 atom stereocenters. The molecule has 0 aliphatic carbocycles. The molecule has 1 fully saturated rings. The van der Waals surface area contributed by atoms with Gasteiger partial charge in [0.1, 0.15) is 0 Å². The van der Waals surface area contributed by atoms with E-state index in [1.807, 2.05) is 0 Å². The molecule has 1 rings (SSSR count). The fourth-order valence-electron chi connectivity index (χ4n) is 1.47. The third kappa shape index (κ3) is 4.80. The maximum Gasteiger partial charge on any atom is 0.0824 e. The number of halogens is 2. The van der Waals surface area contributed by atoms with E-state index in [0.717, 1.165) is 19.7 Å². The predicted octanol–water partition coefficient (Wildman–Crippen LogP) is 1.29. The molecule has 0 saturated carbocycles. The lowest BCUT2D eigenvalue weighted by Gasteiger charge is -2.41. The number of hydrogen-bond acceptors (Lipinski definition) is 3. The van der Waals surface area contributed by atoms with Crippen LogP contribution in [0, 0.1) is 0 Å². The third-order valence-electron chi connectivity index (χ3n) is 2.35. The maximum absolute atomic E-state index is 5.56. The average Bonchev–Trinajstić information content (AvgIpc) is 2.03. The van der Waals surface area contributed by atoms with Gasteiger partial charge in [0.05, 0.1) is 12.7 Å². The van der Waals surface area contributed by atoms with Gasteiger partial charge >= 0.3 is 0 Å². The second kappa shape index (κ2) is 6.85. The fraction of sp³-hybridized carbons (Fsp3) is 1.00. The number of nitrogens with two attached hydrogens (primary N) is 1. The molecule has 1 unspecified atom stereocenters. The standard InChI is InChI=1S/C9H20N2O.2ClH/c1-9(2,3)11-4-5-12-8(6-10)7-11;;/h8H,4-7,10H2,1-3H3;2*1H. The number of nitrogens with zero attached hydrogens (tertiary/aromatic N) is 1. The van der Waals surface area contributed by atoms with Crippen LogP contribution in [0.3, 0.4) is 0 Å². The first-order chi connectivity index (χ1) is 5.54. The molecule has 2 N–H and O–H groups in total. The van der Waals surface area contributed by atoms with Gasteiger partial charge < -0.3 is 10.5 Å². The van der Waals surface area contributed by atoms with Gasteiger partial charge in [0.15, 0.2) is 0 Å². The molecule has 0 amide bonds. The molecule has 88 valence electrons. The Morgan fingerprint density at radius 3 is 2.36 bits per heavy atom. The molecule has 1 heterocycles. The van der Waals surface area contributed by atoms with Crippen LogP contribution in [-0.4, -0.2) is 42.8 Å². The zero-order chi connectivity index (χ0) is 9.19. The molecule has 1 saturated heterocycles. The normalized spacial score (nSPS) is 23.6. The van der Waals surface area contributed by atoms with Gasteiger partial charge in [0.25, 0.3) is 0 Å². The van der Waals surface area contributed by atoms with Crippen LogP contribution in [0.2, 0.25) is 0 Å². The molecule has 5 heteroatoms. The van der Waals surface area contributed by atoms with Crippen LogP contribution < -0.4 is 5.73 Å². The van der Waals surface area contributed by atoms with Gasteiger partial charge in [-0.15, -0.1) is 24.8 Å². The minimum absolute atomic E-state index is 0. The van der Waals surface area contributed by atoms with Crippen LogP contribution in [0.5, 0.6) is 0 Å². The molecule has 0 aromatic heterocycles. The van der Waals surface area contributed by atoms with Gasteiger partial charge in [-0.1, -0.05) is 0 Å². The van der Waals surface area contributed by atoms with E-state index in [1.165, 1.54) is 0 Å². The SMILES string of the molecule is CC(C)(C)N1CCOC(CN)C1.Cl.Cl. The van der Waals surface area contributed by atoms with E-state index in [1.54, 1.807) is 0 Å². The van der Waals surface area contributed by atoms with E-state index in [9.17, 15) is 0 Å². The van der Waals surface area contributed by atoms with Crippen molar-refractivity contribution in [3.8, 4) is 0 Å². The second-order valence-corrected chi connectivity index (χ2v) is 4.35. The van der Waals surface area contributed by atoms with Crippen molar-refractivity contribution in [3.63, 3.8) is 0 Å². The molecular formula is C9H22Cl2N2O. The van der Waals surface area contributed by atoms with E-state index < -0.39 is 0 Å². The first kappa shape index (κ1) is 16.9. The van der Waals surface area contributed by atoms with Crippen molar-refractivity contribution in [2.75, 3.05) is 26.2 Å². The summed E-state index contributed by atoms with van der Waals surface area (Å²) >= 11 is 0. The van der Waals surface area contributed by atoms with Crippen molar-refractivity contribution >= 4 is 24.8 Å². The van der Waals surface area contributed by atoms with Gasteiger partial charge in [-0.25, -0.2) is 0 Å². The molecule has 1 aliphatic rings. The highest BCUT2D eigenvalue weighted by atomic mass is 35.5. The van der Waals surface area contributed by atoms with Gasteiger partial charge in [-0.3, -0.25) is 4.90 Å². The smallest absolute Gasteiger partial charge is 0.0824 e. The van der Waals surface area contributed by atoms with Crippen LogP contribution in [0.4, 0.5) is 0 Å². The summed E-state index contributed by atoms with van der Waals surface area (Å²) in [5.41, 5.74) is 5.80. The van der Waals surface area contributed by atoms with Crippen molar-refractivity contribution in [1.29, 1.82) is 0 Å². The number of ether oxygens (including phenoxy) is 1. The zero-order valence-electron chi connectivity index (χ0n) is 9.16. The molecule has 0 radical (unpaired) electrons. The Kier molecular flexibility index (Phi) is 8.26. The summed E-state index contributed by atoms with van der Waals surface area (Å²) in [6.07, 6.45) is 0.234. The Morgan fingerprint density at radius 1 is 1.36 bits per heavy atom. The molecule has 3 nitrogen and oxygen atoms in total. The molecule has 0 bridgehead atoms. The average molecular weight is 245 g/mol. The molecule has 0 aromatic carbocycles. The second-order valence-electron chi connectivity index (χ2n) is 4.35. The van der Waals surface area contributed by atoms with Crippen LogP contribution in [0.25, 0.3) is 0 Å². The van der Waals surface area contributed by atoms with Gasteiger partial charge in [-0.2, -0.15) is 0 Å². The Morgan fingerprint density at radius 2 is 1.93 bits per heavy atom. The summed E-state index contributed by atoms with van der Waals surface area (Å²) in [6, 6.07) is 0. The quantitative estimate of drug-likeness (QED) is 0.756. The first-order valence-corrected chi connectivity index (χ1v) is 4.61. The molecule has 0 spiro atoms. The lowest BCUT2D eigenvalue weighted by Crippen LogP contribution is -2.53. The summed E-state index contributed by atoms with van der Waals surface area (Å²) in [5, 5.41) is 0. The molecular weight excluding hydrogens is 223 g/mol. The van der Waals surface area contributed by atoms with Crippen molar-refractivity contribution in [1.82, 2.24) is 4.90 Å². The fourth-order valence-corrected chi connectivity index (χ4v) is 1.47. The zero-order valence-corrected chi connectivity index (χ0v) is 10.8. The minimum Gasteiger partial charge on any atom is -0.374 e. The van der Waals surface area contributed by atoms with E-state index in [4.69, 9.17) is 10.5 Å². The highest BCUT2D eigenvalue weighted by molar-refractivity contribution is 5.85. The summed E-state index contributed by atoms with van der Waals surface area (Å²) in [6.45, 7) is 10.1. The van der Waals surface area contributed by atoms with Crippen LogP contribution in [-0.2, 0) is 4.74 Å². The highest BCUT2D eigenvalue weighted by Gasteiger charge is 2.27. The third-order valence-corrected chi connectivity index (χ3v) is 2.35. The largest absolute Gasteiger partial charge is 0.374 e. The number of morpholine rings is 1. The van der Waals surface area contributed by atoms with Crippen molar-refractivity contribution in [3.05, 3.63) is 0 Å². The predicted molar refractivity (Wildman–Crippen MR) is 64.6 cm³/mol. The van der Waals surface area contributed by atoms with Crippen molar-refractivity contribution < 1.29 is 4.74 Å². The minimum atomic E-state index is 0. The number of hydrogen-bond donors (Lipinski definition) is 1. The van der Waals surface area contributed by atoms with E-state index in [0.29, 0.717) is 6.54 Å². The number of rotatable bonds is 1. The van der Waals surface area contributed by atoms with Crippen LogP contribution in [0.15, 0.2) is 0 Å². The van der Waals surface area contributed by atoms with Crippen molar-refractivity contribution in [2.45, 2.75) is 32.4 Å². The van der Waals surface area contributed by atoms with Gasteiger partial charge in [0, 0.05) is 25.2 Å². The van der Waals surface area contributed by atoms with Crippen LogP contribution in [0.1, 0.15) is 20.8 Å². The topological polar surface area (TPSA) is 38.5 Å². The molecule has 1 aliphatic heterocycles. The summed E-state index contributed by atoms with van der Waals surface area (Å²) in [4.78, 5) is 2.42. The monoisotopic (exact) mass is 244 g/mol. The highest BCUT2D eigenvalue weighted by Crippen LogP contribution is 2.16. The lowest BCUT2D eigenvalue weighted by atomic mass is 10.0. The maximum atomic E-state index is 5.56. The summed E-state index contributed by atoms with van der Waals surface area (Å²) < 4.78 is 5.49. The molecule has 14 heavy (non-hydrogen) atoms. The van der Waals surface area contributed by atoms with Gasteiger partial charge in [-0.05, 0) is 20.8 Å². The van der Waals surface area contributed by atoms with Crippen LogP contribution >= 0.6 is 24.8 Å². The Balaban J connectivity index is 0. The summed E-state index contributed by atoms with van der Waals surface area (Å²) in [5.74, 6) is 0. The first-order valence-electron chi connectivity index (χ1n) is 4.61. The Bertz CT molecular complexity index is 150. The molecule has 0 aromatic rings. The Labute approximate surface area is 99.2 Å². The summed E-state index contributed by atoms with van der Waals surface area (Å²) in [7, 11) is 0. The van der Waals surface area contributed by atoms with E-state index in [2.05, 4.69) is 25.7 Å². The van der Waals surface area contributed by atoms with E-state index >= 15 is 0 Å².